The highest BCUT2D eigenvalue weighted by molar-refractivity contribution is 7.99. The largest absolute Gasteiger partial charge is 0.478 e. The number of hydrogen-bond donors (Lipinski definition) is 13. The van der Waals surface area contributed by atoms with Crippen LogP contribution in [-0.4, -0.2) is 229 Å². The molecule has 5 aromatic carbocycles. The summed E-state index contributed by atoms with van der Waals surface area (Å²) in [4.78, 5) is 124. The number of aromatic carboxylic acids is 1. The minimum atomic E-state index is -2.50. The summed E-state index contributed by atoms with van der Waals surface area (Å²) < 4.78 is 23.4. The van der Waals surface area contributed by atoms with Crippen LogP contribution < -0.4 is 26.6 Å². The van der Waals surface area contributed by atoms with Gasteiger partial charge in [0.25, 0.3) is 23.5 Å². The van der Waals surface area contributed by atoms with Gasteiger partial charge < -0.3 is 86.4 Å². The highest BCUT2D eigenvalue weighted by Gasteiger charge is 2.56. The topological polar surface area (TPSA) is 430 Å². The third kappa shape index (κ3) is 21.6. The van der Waals surface area contributed by atoms with E-state index in [-0.39, 0.29) is 54.6 Å². The van der Waals surface area contributed by atoms with E-state index in [1.807, 2.05) is 0 Å². The van der Waals surface area contributed by atoms with Gasteiger partial charge in [0.2, 0.25) is 17.6 Å². The van der Waals surface area contributed by atoms with Crippen LogP contribution in [0.2, 0.25) is 0 Å². The molecule has 0 aromatic heterocycles. The number of carbonyl (C=O) groups excluding carboxylic acids is 8. The molecule has 526 valence electrons. The number of amides is 5. The average Bonchev–Trinajstić information content (AvgIpc) is 0.777. The molecule has 2 aliphatic rings. The Hall–Kier alpha value is -8.30. The van der Waals surface area contributed by atoms with Gasteiger partial charge in [-0.05, 0) is 107 Å². The van der Waals surface area contributed by atoms with Gasteiger partial charge in [-0.1, -0.05) is 72.8 Å². The first-order valence-corrected chi connectivity index (χ1v) is 33.9. The second-order valence-electron chi connectivity index (χ2n) is 23.4. The molecule has 13 N–H and O–H groups in total. The van der Waals surface area contributed by atoms with E-state index in [2.05, 4.69) is 26.6 Å². The molecule has 29 heteroatoms. The Morgan fingerprint density at radius 3 is 1.40 bits per heavy atom. The van der Waals surface area contributed by atoms with Crippen LogP contribution in [0, 0.1) is 0 Å². The van der Waals surface area contributed by atoms with E-state index < -0.39 is 134 Å². The lowest BCUT2D eigenvalue weighted by Gasteiger charge is -2.46. The highest BCUT2D eigenvalue weighted by Crippen LogP contribution is 2.35. The molecule has 0 aliphatic carbocycles. The zero-order valence-electron chi connectivity index (χ0n) is 53.7. The van der Waals surface area contributed by atoms with Gasteiger partial charge in [0, 0.05) is 86.3 Å². The van der Waals surface area contributed by atoms with Crippen LogP contribution in [0.4, 0.5) is 0 Å². The number of Topliss-reactive ketones (excluding diaryl/α,β-unsaturated/α-hetero) is 1. The first-order chi connectivity index (χ1) is 46.9. The predicted molar refractivity (Wildman–Crippen MR) is 358 cm³/mol. The van der Waals surface area contributed by atoms with Crippen molar-refractivity contribution in [1.82, 2.24) is 26.6 Å². The van der Waals surface area contributed by atoms with Crippen molar-refractivity contribution < 1.29 is 108 Å². The van der Waals surface area contributed by atoms with Gasteiger partial charge in [-0.25, -0.2) is 9.59 Å². The van der Waals surface area contributed by atoms with Crippen molar-refractivity contribution in [3.63, 3.8) is 0 Å². The van der Waals surface area contributed by atoms with Gasteiger partial charge in [-0.2, -0.15) is 23.5 Å². The minimum absolute atomic E-state index is 0.0480. The van der Waals surface area contributed by atoms with Gasteiger partial charge in [0.1, 0.15) is 30.7 Å². The molecule has 0 saturated carbocycles. The van der Waals surface area contributed by atoms with Gasteiger partial charge in [0.05, 0.1) is 55.3 Å². The molecule has 12 atom stereocenters. The number of aliphatic carboxylic acids is 1. The number of ether oxygens (including phenoxy) is 4. The number of aliphatic hydroxyl groups excluding tert-OH is 6. The van der Waals surface area contributed by atoms with Crippen molar-refractivity contribution >= 4 is 83.4 Å². The highest BCUT2D eigenvalue weighted by atomic mass is 32.2. The van der Waals surface area contributed by atoms with E-state index in [4.69, 9.17) is 18.9 Å². The number of nitrogens with one attached hydrogen (secondary N) is 5. The maximum absolute atomic E-state index is 13.1. The number of carbonyl (C=O) groups is 10. The molecule has 7 rings (SSSR count). The lowest BCUT2D eigenvalue weighted by molar-refractivity contribution is -0.310. The van der Waals surface area contributed by atoms with Crippen molar-refractivity contribution in [2.75, 3.05) is 55.9 Å². The summed E-state index contributed by atoms with van der Waals surface area (Å²) in [5, 5.41) is 99.4. The fraction of sp³-hybridized carbons (Fsp3) is 0.420. The Morgan fingerprint density at radius 1 is 0.531 bits per heavy atom. The second-order valence-corrected chi connectivity index (χ2v) is 25.9. The minimum Gasteiger partial charge on any atom is -0.478 e. The molecule has 2 saturated heterocycles. The number of aliphatic hydroxyl groups is 6. The van der Waals surface area contributed by atoms with Crippen LogP contribution >= 0.6 is 23.5 Å². The lowest BCUT2D eigenvalue weighted by atomic mass is 9.88. The first-order valence-electron chi connectivity index (χ1n) is 31.6. The molecular weight excluding hydrogens is 1310 g/mol. The molecule has 0 unspecified atom stereocenters. The normalized spacial score (nSPS) is 21.8. The number of carboxylic acids is 2. The molecule has 2 fully saturated rings. The molecule has 5 aromatic rings. The van der Waals surface area contributed by atoms with Crippen molar-refractivity contribution in [1.29, 1.82) is 0 Å². The number of carboxylic acid groups (broad SMARTS) is 2. The zero-order valence-corrected chi connectivity index (χ0v) is 55.3. The van der Waals surface area contributed by atoms with Crippen LogP contribution in [0.1, 0.15) is 115 Å². The quantitative estimate of drug-likeness (QED) is 0.0154. The van der Waals surface area contributed by atoms with Crippen LogP contribution in [-0.2, 0) is 38.1 Å². The Balaban J connectivity index is 0.768. The van der Waals surface area contributed by atoms with E-state index in [0.717, 1.165) is 24.3 Å². The Bertz CT molecular complexity index is 3540. The molecule has 0 bridgehead atoms. The smallest absolute Gasteiger partial charge is 0.364 e. The van der Waals surface area contributed by atoms with Gasteiger partial charge in [-0.3, -0.25) is 38.4 Å². The maximum atomic E-state index is 13.1. The SMILES string of the molecule is CC(=O)N[C@H]1[C@H]([C@H](O)[C@H](O)CNC(=O)c2ccc(-c3ccc(C(=O)O)cc3)cc2)O[C@](C=O)(OCCCSCCNC(=O)c2ccc(C(=O)CCCSCCCO[C@]3(C(=O)O)C[C@H](O)[C@@H](NC(C)=O)[C@H]([C@H](O)[C@H](O)CNC(=O)c4ccc(-c5ccc(C=O)cc5)cc4)O3)cc2)C[C@@H]1O. The first kappa shape index (κ1) is 77.1. The summed E-state index contributed by atoms with van der Waals surface area (Å²) in [5.74, 6) is -8.22. The third-order valence-electron chi connectivity index (χ3n) is 16.2. The van der Waals surface area contributed by atoms with Crippen molar-refractivity contribution in [2.24, 2.45) is 0 Å². The fourth-order valence-corrected chi connectivity index (χ4v) is 12.6. The second kappa shape index (κ2) is 37.0. The molecule has 27 nitrogen and oxygen atoms in total. The number of hydrogen-bond acceptors (Lipinski definition) is 22. The molecule has 0 radical (unpaired) electrons. The van der Waals surface area contributed by atoms with Crippen molar-refractivity contribution in [2.45, 2.75) is 125 Å². The fourth-order valence-electron chi connectivity index (χ4n) is 10.9. The van der Waals surface area contributed by atoms with Crippen LogP contribution in [0.5, 0.6) is 0 Å². The molecule has 98 heavy (non-hydrogen) atoms. The third-order valence-corrected chi connectivity index (χ3v) is 18.4. The van der Waals surface area contributed by atoms with E-state index in [1.165, 1.54) is 54.7 Å². The average molecular weight is 1400 g/mol. The molecule has 2 aliphatic heterocycles. The Labute approximate surface area is 572 Å². The van der Waals surface area contributed by atoms with E-state index in [0.29, 0.717) is 76.4 Å². The molecule has 5 amide bonds. The number of ketones is 1. The summed E-state index contributed by atoms with van der Waals surface area (Å²) in [5.41, 5.74) is 4.78. The standard InChI is InChI=1S/C69H81N5O22S2/c1-40(77)73-57-53(80)34-68(39-76,95-61(57)59(84)55(82)36-71-64(87)50-21-13-45(14-22-50)46-15-25-51(26-16-46)66(89)90)93-28-4-32-98-33-27-70-63(86)48-23-17-47(18-24-48)52(79)6-3-30-97-31-5-29-94-69(67(91)92)35-54(81)58(74-41(2)78)62(96-69)60(85)56(83)37-72-65(88)49-19-11-44(12-20-49)43-9-7-42(38-75)8-10-43/h7-26,38-39,53-62,80-85H,3-6,27-37H2,1-2H3,(H,70,86)(H,71,87)(H,72,88)(H,73,77)(H,74,78)(H,89,90)(H,91,92)/t53-,54-,55+,56+,57+,58+,59+,60+,61+,62+,68+,69+/m0/s1. The zero-order chi connectivity index (χ0) is 71.1. The van der Waals surface area contributed by atoms with Crippen LogP contribution in [0.15, 0.2) is 121 Å². The van der Waals surface area contributed by atoms with Gasteiger partial charge in [-0.15, -0.1) is 0 Å². The maximum Gasteiger partial charge on any atom is 0.364 e. The molecule has 2 heterocycles. The van der Waals surface area contributed by atoms with Crippen LogP contribution in [0.25, 0.3) is 22.3 Å². The van der Waals surface area contributed by atoms with Gasteiger partial charge >= 0.3 is 11.9 Å². The van der Waals surface area contributed by atoms with E-state index in [9.17, 15) is 88.8 Å². The Kier molecular flexibility index (Phi) is 29.1. The molecular formula is C69H81N5O22S2. The molecule has 0 spiro atoms. The summed E-state index contributed by atoms with van der Waals surface area (Å²) in [6, 6.07) is 29.3. The monoisotopic (exact) mass is 1400 g/mol. The summed E-state index contributed by atoms with van der Waals surface area (Å²) in [7, 11) is 0. The number of aldehydes is 2. The van der Waals surface area contributed by atoms with Crippen molar-refractivity contribution in [3.8, 4) is 22.3 Å². The number of rotatable bonds is 37. The summed E-state index contributed by atoms with van der Waals surface area (Å²) in [6.45, 7) is 1.33. The predicted octanol–water partition coefficient (Wildman–Crippen LogP) is 2.79. The van der Waals surface area contributed by atoms with Crippen LogP contribution in [0.3, 0.4) is 0 Å². The van der Waals surface area contributed by atoms with E-state index >= 15 is 0 Å². The Morgan fingerprint density at radius 2 is 0.939 bits per heavy atom. The summed E-state index contributed by atoms with van der Waals surface area (Å²) in [6.07, 6.45) is -12.3. The summed E-state index contributed by atoms with van der Waals surface area (Å²) >= 11 is 2.94. The lowest BCUT2D eigenvalue weighted by Crippen LogP contribution is -2.68. The van der Waals surface area contributed by atoms with E-state index in [1.54, 1.807) is 97.1 Å². The number of benzene rings is 5. The number of thioether (sulfide) groups is 2. The van der Waals surface area contributed by atoms with Crippen molar-refractivity contribution in [3.05, 3.63) is 155 Å². The van der Waals surface area contributed by atoms with Gasteiger partial charge in [0.15, 0.2) is 12.1 Å².